The molecule has 0 saturated carbocycles. The van der Waals surface area contributed by atoms with Crippen LogP contribution in [0.3, 0.4) is 0 Å². The summed E-state index contributed by atoms with van der Waals surface area (Å²) in [6.07, 6.45) is 0.465. The van der Waals surface area contributed by atoms with E-state index < -0.39 is 0 Å². The number of rotatable bonds is 0. The Bertz CT molecular complexity index is 464. The van der Waals surface area contributed by atoms with E-state index in [1.54, 1.807) is 6.07 Å². The molecule has 0 radical (unpaired) electrons. The van der Waals surface area contributed by atoms with Crippen LogP contribution in [0.25, 0.3) is 0 Å². The third kappa shape index (κ3) is 1.98. The minimum absolute atomic E-state index is 0.0199. The molecule has 0 bridgehead atoms. The predicted molar refractivity (Wildman–Crippen MR) is 66.7 cm³/mol. The van der Waals surface area contributed by atoms with E-state index in [0.717, 1.165) is 17.9 Å². The van der Waals surface area contributed by atoms with Crippen LogP contribution < -0.4 is 10.2 Å². The van der Waals surface area contributed by atoms with Crippen molar-refractivity contribution >= 4 is 28.9 Å². The quantitative estimate of drug-likeness (QED) is 0.767. The van der Waals surface area contributed by atoms with Crippen molar-refractivity contribution in [1.82, 2.24) is 0 Å². The fourth-order valence-corrected chi connectivity index (χ4v) is 2.59. The normalized spacial score (nSPS) is 23.5. The van der Waals surface area contributed by atoms with Gasteiger partial charge in [-0.15, -0.1) is 0 Å². The van der Waals surface area contributed by atoms with Gasteiger partial charge in [0.25, 0.3) is 0 Å². The number of carbonyl (C=O) groups excluding carboxylic acids is 1. The van der Waals surface area contributed by atoms with Gasteiger partial charge in [-0.25, -0.2) is 0 Å². The maximum atomic E-state index is 11.8. The van der Waals surface area contributed by atoms with E-state index in [1.807, 2.05) is 12.1 Å². The molecule has 3 rings (SSSR count). The van der Waals surface area contributed by atoms with Crippen LogP contribution in [-0.2, 0) is 9.53 Å². The molecule has 1 fully saturated rings. The van der Waals surface area contributed by atoms with Crippen molar-refractivity contribution in [3.63, 3.8) is 0 Å². The van der Waals surface area contributed by atoms with Crippen LogP contribution in [0.1, 0.15) is 6.42 Å². The van der Waals surface area contributed by atoms with Gasteiger partial charge in [0.1, 0.15) is 0 Å². The summed E-state index contributed by atoms with van der Waals surface area (Å²) in [5.74, 6) is 0.0199. The number of nitrogens with zero attached hydrogens (tertiary/aromatic N) is 1. The molecule has 1 N–H and O–H groups in total. The van der Waals surface area contributed by atoms with Crippen LogP contribution in [-0.4, -0.2) is 31.7 Å². The summed E-state index contributed by atoms with van der Waals surface area (Å²) >= 11 is 5.96. The van der Waals surface area contributed by atoms with Crippen molar-refractivity contribution in [2.75, 3.05) is 30.0 Å². The van der Waals surface area contributed by atoms with Gasteiger partial charge >= 0.3 is 0 Å². The first kappa shape index (κ1) is 10.9. The minimum Gasteiger partial charge on any atom is -0.377 e. The Kier molecular flexibility index (Phi) is 2.68. The van der Waals surface area contributed by atoms with Gasteiger partial charge < -0.3 is 15.0 Å². The zero-order chi connectivity index (χ0) is 11.8. The highest BCUT2D eigenvalue weighted by Crippen LogP contribution is 2.34. The number of carbonyl (C=O) groups is 1. The molecule has 1 atom stereocenters. The second kappa shape index (κ2) is 4.20. The molecule has 90 valence electrons. The summed E-state index contributed by atoms with van der Waals surface area (Å²) in [6, 6.07) is 5.74. The highest BCUT2D eigenvalue weighted by atomic mass is 35.5. The van der Waals surface area contributed by atoms with Crippen LogP contribution in [0.4, 0.5) is 11.4 Å². The summed E-state index contributed by atoms with van der Waals surface area (Å²) in [6.45, 7) is 2.12. The lowest BCUT2D eigenvalue weighted by Crippen LogP contribution is -2.45. The van der Waals surface area contributed by atoms with E-state index in [2.05, 4.69) is 10.2 Å². The average Bonchev–Trinajstić information content (AvgIpc) is 2.43. The van der Waals surface area contributed by atoms with E-state index in [0.29, 0.717) is 24.7 Å². The molecular formula is C12H13ClN2O2. The number of fused-ring (bicyclic) bond motifs is 3. The summed E-state index contributed by atoms with van der Waals surface area (Å²) < 4.78 is 5.43. The minimum atomic E-state index is 0.0199. The molecule has 2 aliphatic heterocycles. The summed E-state index contributed by atoms with van der Waals surface area (Å²) in [4.78, 5) is 14.0. The van der Waals surface area contributed by atoms with Crippen molar-refractivity contribution in [3.8, 4) is 0 Å². The van der Waals surface area contributed by atoms with E-state index in [1.165, 1.54) is 0 Å². The van der Waals surface area contributed by atoms with Crippen molar-refractivity contribution < 1.29 is 9.53 Å². The maximum absolute atomic E-state index is 11.8. The van der Waals surface area contributed by atoms with Crippen LogP contribution in [0, 0.1) is 0 Å². The van der Waals surface area contributed by atoms with Gasteiger partial charge in [0, 0.05) is 18.0 Å². The van der Waals surface area contributed by atoms with Crippen molar-refractivity contribution in [3.05, 3.63) is 23.2 Å². The Morgan fingerprint density at radius 1 is 1.47 bits per heavy atom. The number of morpholine rings is 1. The summed E-state index contributed by atoms with van der Waals surface area (Å²) in [5.41, 5.74) is 1.83. The Labute approximate surface area is 104 Å². The highest BCUT2D eigenvalue weighted by molar-refractivity contribution is 6.31. The van der Waals surface area contributed by atoms with Gasteiger partial charge in [-0.1, -0.05) is 11.6 Å². The molecule has 1 amide bonds. The largest absolute Gasteiger partial charge is 0.377 e. The Hall–Kier alpha value is -1.26. The average molecular weight is 253 g/mol. The number of halogens is 1. The maximum Gasteiger partial charge on any atom is 0.226 e. The monoisotopic (exact) mass is 252 g/mol. The van der Waals surface area contributed by atoms with E-state index in [4.69, 9.17) is 16.3 Å². The number of amides is 1. The van der Waals surface area contributed by atoms with Gasteiger partial charge in [0.15, 0.2) is 0 Å². The second-order valence-electron chi connectivity index (χ2n) is 4.34. The van der Waals surface area contributed by atoms with Crippen LogP contribution in [0.2, 0.25) is 5.02 Å². The topological polar surface area (TPSA) is 41.6 Å². The standard InChI is InChI=1S/C12H13ClN2O2/c13-8-1-2-11-10(5-8)14-12(16)6-9-7-17-4-3-15(9)11/h1-2,5,9H,3-4,6-7H2,(H,14,16). The number of hydrogen-bond donors (Lipinski definition) is 1. The number of ether oxygens (including phenoxy) is 1. The number of anilines is 2. The number of hydrogen-bond acceptors (Lipinski definition) is 3. The van der Waals surface area contributed by atoms with Crippen LogP contribution in [0.5, 0.6) is 0 Å². The first-order chi connectivity index (χ1) is 8.24. The third-order valence-corrected chi connectivity index (χ3v) is 3.43. The lowest BCUT2D eigenvalue weighted by molar-refractivity contribution is -0.116. The van der Waals surface area contributed by atoms with Crippen LogP contribution >= 0.6 is 11.6 Å². The molecule has 5 heteroatoms. The summed E-state index contributed by atoms with van der Waals surface area (Å²) in [5, 5.41) is 3.53. The molecule has 1 saturated heterocycles. The molecule has 2 heterocycles. The molecule has 17 heavy (non-hydrogen) atoms. The molecule has 0 aliphatic carbocycles. The van der Waals surface area contributed by atoms with Crippen LogP contribution in [0.15, 0.2) is 18.2 Å². The molecule has 0 spiro atoms. The van der Waals surface area contributed by atoms with Gasteiger partial charge in [-0.05, 0) is 18.2 Å². The molecule has 2 aliphatic rings. The van der Waals surface area contributed by atoms with E-state index in [9.17, 15) is 4.79 Å². The zero-order valence-corrected chi connectivity index (χ0v) is 10.0. The fraction of sp³-hybridized carbons (Fsp3) is 0.417. The highest BCUT2D eigenvalue weighted by Gasteiger charge is 2.30. The van der Waals surface area contributed by atoms with Gasteiger partial charge in [-0.3, -0.25) is 4.79 Å². The molecule has 4 nitrogen and oxygen atoms in total. The van der Waals surface area contributed by atoms with Crippen molar-refractivity contribution in [2.24, 2.45) is 0 Å². The fourth-order valence-electron chi connectivity index (χ4n) is 2.42. The zero-order valence-electron chi connectivity index (χ0n) is 9.28. The lowest BCUT2D eigenvalue weighted by atomic mass is 10.1. The summed E-state index contributed by atoms with van der Waals surface area (Å²) in [7, 11) is 0. The Morgan fingerprint density at radius 2 is 2.35 bits per heavy atom. The number of nitrogens with one attached hydrogen (secondary N) is 1. The van der Waals surface area contributed by atoms with Crippen molar-refractivity contribution in [2.45, 2.75) is 12.5 Å². The second-order valence-corrected chi connectivity index (χ2v) is 4.77. The first-order valence-electron chi connectivity index (χ1n) is 5.68. The molecular weight excluding hydrogens is 240 g/mol. The van der Waals surface area contributed by atoms with E-state index in [-0.39, 0.29) is 11.9 Å². The predicted octanol–water partition coefficient (Wildman–Crippen LogP) is 1.89. The third-order valence-electron chi connectivity index (χ3n) is 3.19. The molecule has 1 aromatic carbocycles. The van der Waals surface area contributed by atoms with Gasteiger partial charge in [0.2, 0.25) is 5.91 Å². The van der Waals surface area contributed by atoms with Gasteiger partial charge in [-0.2, -0.15) is 0 Å². The molecule has 1 unspecified atom stereocenters. The van der Waals surface area contributed by atoms with Gasteiger partial charge in [0.05, 0.1) is 30.6 Å². The molecule has 0 aromatic heterocycles. The lowest BCUT2D eigenvalue weighted by Gasteiger charge is -2.35. The Morgan fingerprint density at radius 3 is 3.24 bits per heavy atom. The molecule has 1 aromatic rings. The first-order valence-corrected chi connectivity index (χ1v) is 6.05. The SMILES string of the molecule is O=C1CC2COCCN2c2ccc(Cl)cc2N1. The smallest absolute Gasteiger partial charge is 0.226 e. The van der Waals surface area contributed by atoms with Crippen molar-refractivity contribution in [1.29, 1.82) is 0 Å². The Balaban J connectivity index is 2.05. The van der Waals surface area contributed by atoms with E-state index >= 15 is 0 Å². The number of benzene rings is 1.